The van der Waals surface area contributed by atoms with E-state index in [0.29, 0.717) is 5.56 Å². The first-order chi connectivity index (χ1) is 9.00. The number of carbonyl (C=O) groups is 1. The smallest absolute Gasteiger partial charge is 0.261 e. The van der Waals surface area contributed by atoms with Crippen molar-refractivity contribution in [2.24, 2.45) is 0 Å². The Morgan fingerprint density at radius 1 is 1.11 bits per heavy atom. The average Bonchev–Trinajstić information content (AvgIpc) is 2.38. The average molecular weight is 255 g/mol. The zero-order chi connectivity index (χ0) is 14.0. The summed E-state index contributed by atoms with van der Waals surface area (Å²) in [6, 6.07) is 12.7. The molecule has 2 aromatic carbocycles. The fraction of sp³-hybridized carbons (Fsp3) is 0.188. The second-order valence-electron chi connectivity index (χ2n) is 4.67. The Morgan fingerprint density at radius 3 is 2.42 bits per heavy atom. The van der Waals surface area contributed by atoms with Crippen LogP contribution in [0.15, 0.2) is 42.5 Å². The molecule has 0 fully saturated rings. The van der Waals surface area contributed by atoms with Crippen LogP contribution < -0.4 is 4.90 Å². The summed E-state index contributed by atoms with van der Waals surface area (Å²) < 4.78 is 0. The van der Waals surface area contributed by atoms with Crippen molar-refractivity contribution in [1.82, 2.24) is 0 Å². The minimum atomic E-state index is -0.216. The minimum Gasteiger partial charge on any atom is -0.507 e. The molecule has 2 aromatic rings. The molecule has 19 heavy (non-hydrogen) atoms. The monoisotopic (exact) mass is 255 g/mol. The van der Waals surface area contributed by atoms with Crippen LogP contribution in [0.4, 0.5) is 5.69 Å². The Bertz CT molecular complexity index is 620. The maximum Gasteiger partial charge on any atom is 0.261 e. The van der Waals surface area contributed by atoms with Gasteiger partial charge >= 0.3 is 0 Å². The number of phenolic OH excluding ortho intramolecular Hbond substituents is 1. The van der Waals surface area contributed by atoms with E-state index >= 15 is 0 Å². The summed E-state index contributed by atoms with van der Waals surface area (Å²) in [7, 11) is 1.71. The van der Waals surface area contributed by atoms with Gasteiger partial charge in [-0.2, -0.15) is 0 Å². The molecule has 1 amide bonds. The number of hydrogen-bond acceptors (Lipinski definition) is 2. The molecule has 1 N–H and O–H groups in total. The van der Waals surface area contributed by atoms with Crippen LogP contribution in [0.5, 0.6) is 5.75 Å². The molecule has 0 aliphatic rings. The van der Waals surface area contributed by atoms with E-state index in [0.717, 1.165) is 16.8 Å². The number of aryl methyl sites for hydroxylation is 2. The fourth-order valence-corrected chi connectivity index (χ4v) is 2.05. The van der Waals surface area contributed by atoms with E-state index in [1.54, 1.807) is 24.1 Å². The first-order valence-electron chi connectivity index (χ1n) is 6.14. The van der Waals surface area contributed by atoms with Crippen LogP contribution in [0, 0.1) is 13.8 Å². The summed E-state index contributed by atoms with van der Waals surface area (Å²) in [5, 5.41) is 9.88. The topological polar surface area (TPSA) is 40.5 Å². The third-order valence-corrected chi connectivity index (χ3v) is 3.17. The molecule has 2 rings (SSSR count). The third-order valence-electron chi connectivity index (χ3n) is 3.17. The number of rotatable bonds is 2. The van der Waals surface area contributed by atoms with E-state index in [-0.39, 0.29) is 11.7 Å². The van der Waals surface area contributed by atoms with Gasteiger partial charge in [-0.15, -0.1) is 0 Å². The lowest BCUT2D eigenvalue weighted by atomic mass is 10.1. The lowest BCUT2D eigenvalue weighted by Gasteiger charge is -2.20. The normalized spacial score (nSPS) is 10.3. The molecule has 0 aromatic heterocycles. The van der Waals surface area contributed by atoms with Gasteiger partial charge < -0.3 is 10.0 Å². The summed E-state index contributed by atoms with van der Waals surface area (Å²) in [6.45, 7) is 3.83. The van der Waals surface area contributed by atoms with Crippen LogP contribution in [0.1, 0.15) is 21.5 Å². The number of amides is 1. The number of anilines is 1. The zero-order valence-electron chi connectivity index (χ0n) is 11.3. The van der Waals surface area contributed by atoms with Crippen molar-refractivity contribution in [3.05, 3.63) is 59.2 Å². The Morgan fingerprint density at radius 2 is 1.79 bits per heavy atom. The number of benzene rings is 2. The molecular formula is C16H17NO2. The predicted molar refractivity (Wildman–Crippen MR) is 76.8 cm³/mol. The van der Waals surface area contributed by atoms with Crippen LogP contribution in [0.2, 0.25) is 0 Å². The van der Waals surface area contributed by atoms with Crippen LogP contribution in [0.25, 0.3) is 0 Å². The Labute approximate surface area is 113 Å². The van der Waals surface area contributed by atoms with Gasteiger partial charge in [-0.1, -0.05) is 24.3 Å². The van der Waals surface area contributed by atoms with Gasteiger partial charge in [0.2, 0.25) is 0 Å². The molecule has 0 aliphatic carbocycles. The molecular weight excluding hydrogens is 238 g/mol. The maximum absolute atomic E-state index is 12.4. The molecule has 0 saturated carbocycles. The zero-order valence-corrected chi connectivity index (χ0v) is 11.3. The van der Waals surface area contributed by atoms with Gasteiger partial charge in [0.1, 0.15) is 5.75 Å². The highest BCUT2D eigenvalue weighted by Crippen LogP contribution is 2.24. The van der Waals surface area contributed by atoms with Gasteiger partial charge in [-0.3, -0.25) is 4.79 Å². The second-order valence-corrected chi connectivity index (χ2v) is 4.67. The fourth-order valence-electron chi connectivity index (χ4n) is 2.05. The van der Waals surface area contributed by atoms with E-state index in [2.05, 4.69) is 0 Å². The highest BCUT2D eigenvalue weighted by Gasteiger charge is 2.17. The van der Waals surface area contributed by atoms with Gasteiger partial charge in [0, 0.05) is 12.7 Å². The molecule has 0 saturated heterocycles. The summed E-state index contributed by atoms with van der Waals surface area (Å²) >= 11 is 0. The van der Waals surface area contributed by atoms with E-state index in [1.165, 1.54) is 0 Å². The number of para-hydroxylation sites is 1. The molecule has 3 nitrogen and oxygen atoms in total. The molecule has 0 aliphatic heterocycles. The number of nitrogens with zero attached hydrogens (tertiary/aromatic N) is 1. The summed E-state index contributed by atoms with van der Waals surface area (Å²) in [4.78, 5) is 14.0. The standard InChI is InChI=1S/C16H17NO2/c1-11-8-9-13(15(18)10-11)16(19)17(3)14-7-5-4-6-12(14)2/h4-10,18H,1-3H3. The van der Waals surface area contributed by atoms with Crippen molar-refractivity contribution >= 4 is 11.6 Å². The van der Waals surface area contributed by atoms with E-state index in [9.17, 15) is 9.90 Å². The molecule has 3 heteroatoms. The van der Waals surface area contributed by atoms with E-state index in [4.69, 9.17) is 0 Å². The predicted octanol–water partition coefficient (Wildman–Crippen LogP) is 3.29. The highest BCUT2D eigenvalue weighted by molar-refractivity contribution is 6.07. The SMILES string of the molecule is Cc1ccc(C(=O)N(C)c2ccccc2C)c(O)c1. The van der Waals surface area contributed by atoms with Crippen LogP contribution in [-0.4, -0.2) is 18.1 Å². The van der Waals surface area contributed by atoms with Gasteiger partial charge in [-0.05, 0) is 43.2 Å². The Hall–Kier alpha value is -2.29. The third kappa shape index (κ3) is 2.60. The largest absolute Gasteiger partial charge is 0.507 e. The number of phenols is 1. The van der Waals surface area contributed by atoms with Crippen molar-refractivity contribution in [3.63, 3.8) is 0 Å². The van der Waals surface area contributed by atoms with Crippen molar-refractivity contribution in [2.45, 2.75) is 13.8 Å². The minimum absolute atomic E-state index is 0.0189. The summed E-state index contributed by atoms with van der Waals surface area (Å²) in [5.41, 5.74) is 3.10. The lowest BCUT2D eigenvalue weighted by molar-refractivity contribution is 0.0990. The highest BCUT2D eigenvalue weighted by atomic mass is 16.3. The van der Waals surface area contributed by atoms with Crippen molar-refractivity contribution in [2.75, 3.05) is 11.9 Å². The molecule has 0 bridgehead atoms. The summed E-state index contributed by atoms with van der Waals surface area (Å²) in [5.74, 6) is -0.197. The van der Waals surface area contributed by atoms with Gasteiger partial charge in [0.15, 0.2) is 0 Å². The van der Waals surface area contributed by atoms with Crippen LogP contribution in [0.3, 0.4) is 0 Å². The first-order valence-corrected chi connectivity index (χ1v) is 6.14. The molecule has 0 radical (unpaired) electrons. The molecule has 0 heterocycles. The summed E-state index contributed by atoms with van der Waals surface area (Å²) in [6.07, 6.45) is 0. The molecule has 0 spiro atoms. The van der Waals surface area contributed by atoms with Gasteiger partial charge in [0.05, 0.1) is 5.56 Å². The van der Waals surface area contributed by atoms with E-state index in [1.807, 2.05) is 44.2 Å². The Kier molecular flexibility index (Phi) is 3.56. The van der Waals surface area contributed by atoms with E-state index < -0.39 is 0 Å². The van der Waals surface area contributed by atoms with Crippen LogP contribution >= 0.6 is 0 Å². The molecule has 0 atom stereocenters. The lowest BCUT2D eigenvalue weighted by Crippen LogP contribution is -2.26. The van der Waals surface area contributed by atoms with Crippen LogP contribution in [-0.2, 0) is 0 Å². The molecule has 0 unspecified atom stereocenters. The maximum atomic E-state index is 12.4. The Balaban J connectivity index is 2.37. The number of hydrogen-bond donors (Lipinski definition) is 1. The quantitative estimate of drug-likeness (QED) is 0.894. The molecule has 98 valence electrons. The van der Waals surface area contributed by atoms with Gasteiger partial charge in [0.25, 0.3) is 5.91 Å². The number of carbonyl (C=O) groups excluding carboxylic acids is 1. The van der Waals surface area contributed by atoms with Crippen molar-refractivity contribution in [3.8, 4) is 5.75 Å². The van der Waals surface area contributed by atoms with Gasteiger partial charge in [-0.25, -0.2) is 0 Å². The van der Waals surface area contributed by atoms with Crippen molar-refractivity contribution in [1.29, 1.82) is 0 Å². The first kappa shape index (κ1) is 13.1. The van der Waals surface area contributed by atoms with Crippen molar-refractivity contribution < 1.29 is 9.90 Å². The number of aromatic hydroxyl groups is 1. The second kappa shape index (κ2) is 5.14.